The van der Waals surface area contributed by atoms with Gasteiger partial charge in [0, 0.05) is 40.2 Å². The van der Waals surface area contributed by atoms with Gasteiger partial charge in [0.2, 0.25) is 5.91 Å². The molecule has 27 heavy (non-hydrogen) atoms. The summed E-state index contributed by atoms with van der Waals surface area (Å²) in [6.45, 7) is 1.97. The lowest BCUT2D eigenvalue weighted by Crippen LogP contribution is -2.40. The van der Waals surface area contributed by atoms with Gasteiger partial charge in [0.1, 0.15) is 5.82 Å². The summed E-state index contributed by atoms with van der Waals surface area (Å²) in [6.07, 6.45) is 1.89. The van der Waals surface area contributed by atoms with Gasteiger partial charge in [0.05, 0.1) is 0 Å². The molecule has 1 aliphatic heterocycles. The van der Waals surface area contributed by atoms with Crippen molar-refractivity contribution in [1.82, 2.24) is 0 Å². The van der Waals surface area contributed by atoms with E-state index in [-0.39, 0.29) is 23.9 Å². The van der Waals surface area contributed by atoms with Crippen LogP contribution in [-0.2, 0) is 9.59 Å². The zero-order valence-electron chi connectivity index (χ0n) is 15.0. The predicted molar refractivity (Wildman–Crippen MR) is 106 cm³/mol. The second-order valence-electron chi connectivity index (χ2n) is 7.13. The highest BCUT2D eigenvalue weighted by Crippen LogP contribution is 2.44. The van der Waals surface area contributed by atoms with E-state index in [1.165, 1.54) is 6.07 Å². The Morgan fingerprint density at radius 3 is 2.70 bits per heavy atom. The van der Waals surface area contributed by atoms with Crippen LogP contribution in [0.1, 0.15) is 42.7 Å². The van der Waals surface area contributed by atoms with Crippen molar-refractivity contribution in [2.75, 3.05) is 4.90 Å². The van der Waals surface area contributed by atoms with Crippen LogP contribution < -0.4 is 4.90 Å². The van der Waals surface area contributed by atoms with Crippen LogP contribution in [0.25, 0.3) is 0 Å². The maximum absolute atomic E-state index is 14.6. The molecule has 0 saturated heterocycles. The molecule has 1 unspecified atom stereocenters. The van der Waals surface area contributed by atoms with Crippen LogP contribution in [0.3, 0.4) is 0 Å². The number of ketones is 1. The molecule has 1 aliphatic carbocycles. The summed E-state index contributed by atoms with van der Waals surface area (Å²) >= 11 is 3.37. The van der Waals surface area contributed by atoms with Gasteiger partial charge in [-0.3, -0.25) is 14.5 Å². The van der Waals surface area contributed by atoms with E-state index in [4.69, 9.17) is 0 Å². The fourth-order valence-electron chi connectivity index (χ4n) is 4.11. The number of carbonyl (C=O) groups is 2. The summed E-state index contributed by atoms with van der Waals surface area (Å²) in [5.74, 6) is -0.992. The normalized spacial score (nSPS) is 20.1. The van der Waals surface area contributed by atoms with E-state index in [1.807, 2.05) is 31.2 Å². The Morgan fingerprint density at radius 1 is 1.11 bits per heavy atom. The predicted octanol–water partition coefficient (Wildman–Crippen LogP) is 5.42. The number of hydrogen-bond acceptors (Lipinski definition) is 2. The van der Waals surface area contributed by atoms with Gasteiger partial charge >= 0.3 is 0 Å². The van der Waals surface area contributed by atoms with Crippen LogP contribution in [-0.4, -0.2) is 11.7 Å². The van der Waals surface area contributed by atoms with E-state index in [9.17, 15) is 14.0 Å². The SMILES string of the molecule is Cc1cccc(N2C(=O)CC(c3cc(Br)ccc3F)C3=C2CCCC3=O)c1. The number of hydrogen-bond donors (Lipinski definition) is 0. The zero-order valence-corrected chi connectivity index (χ0v) is 16.6. The zero-order chi connectivity index (χ0) is 19.1. The first-order valence-corrected chi connectivity index (χ1v) is 9.86. The van der Waals surface area contributed by atoms with Crippen LogP contribution in [0.5, 0.6) is 0 Å². The average molecular weight is 428 g/mol. The third kappa shape index (κ3) is 3.25. The molecule has 0 radical (unpaired) electrons. The molecule has 5 heteroatoms. The Balaban J connectivity index is 1.90. The molecule has 1 amide bonds. The molecular formula is C22H19BrFNO2. The largest absolute Gasteiger partial charge is 0.294 e. The van der Waals surface area contributed by atoms with Crippen molar-refractivity contribution in [3.05, 3.63) is 75.2 Å². The van der Waals surface area contributed by atoms with Gasteiger partial charge in [-0.15, -0.1) is 0 Å². The van der Waals surface area contributed by atoms with Gasteiger partial charge < -0.3 is 0 Å². The van der Waals surface area contributed by atoms with E-state index in [0.29, 0.717) is 30.4 Å². The number of aryl methyl sites for hydroxylation is 1. The quantitative estimate of drug-likeness (QED) is 0.640. The third-order valence-corrected chi connectivity index (χ3v) is 5.76. The smallest absolute Gasteiger partial charge is 0.232 e. The summed E-state index contributed by atoms with van der Waals surface area (Å²) in [5.41, 5.74) is 3.56. The van der Waals surface area contributed by atoms with Crippen molar-refractivity contribution in [1.29, 1.82) is 0 Å². The Morgan fingerprint density at radius 2 is 1.93 bits per heavy atom. The number of halogens is 2. The molecule has 2 aromatic rings. The van der Waals surface area contributed by atoms with Crippen molar-refractivity contribution >= 4 is 33.3 Å². The van der Waals surface area contributed by atoms with E-state index in [1.54, 1.807) is 17.0 Å². The second-order valence-corrected chi connectivity index (χ2v) is 8.04. The van der Waals surface area contributed by atoms with E-state index in [0.717, 1.165) is 21.4 Å². The summed E-state index contributed by atoms with van der Waals surface area (Å²) < 4.78 is 15.3. The molecular weight excluding hydrogens is 409 g/mol. The molecule has 2 aliphatic rings. The maximum Gasteiger partial charge on any atom is 0.232 e. The second kappa shape index (κ2) is 7.04. The van der Waals surface area contributed by atoms with Crippen molar-refractivity contribution in [2.24, 2.45) is 0 Å². The molecule has 0 bridgehead atoms. The fraction of sp³-hybridized carbons (Fsp3) is 0.273. The number of allylic oxidation sites excluding steroid dienone is 2. The van der Waals surface area contributed by atoms with E-state index >= 15 is 0 Å². The molecule has 138 valence electrons. The number of amides is 1. The van der Waals surface area contributed by atoms with Gasteiger partial charge in [-0.05, 0) is 61.2 Å². The number of carbonyl (C=O) groups excluding carboxylic acids is 2. The van der Waals surface area contributed by atoms with Crippen molar-refractivity contribution in [3.63, 3.8) is 0 Å². The highest BCUT2D eigenvalue weighted by molar-refractivity contribution is 9.10. The molecule has 4 rings (SSSR count). The summed E-state index contributed by atoms with van der Waals surface area (Å²) in [5, 5.41) is 0. The minimum atomic E-state index is -0.529. The number of rotatable bonds is 2. The molecule has 0 spiro atoms. The van der Waals surface area contributed by atoms with Gasteiger partial charge in [-0.2, -0.15) is 0 Å². The first kappa shape index (κ1) is 18.1. The first-order chi connectivity index (χ1) is 13.0. The standard InChI is InChI=1S/C22H19BrFNO2/c1-13-4-2-5-15(10-13)25-19-6-3-7-20(26)22(19)17(12-21(25)27)16-11-14(23)8-9-18(16)24/h2,4-5,8-11,17H,3,6-7,12H2,1H3. The van der Waals surface area contributed by atoms with Gasteiger partial charge in [0.15, 0.2) is 5.78 Å². The number of Topliss-reactive ketones (excluding diaryl/α,β-unsaturated/α-hetero) is 1. The average Bonchev–Trinajstić information content (AvgIpc) is 2.63. The Hall–Kier alpha value is -2.27. The summed E-state index contributed by atoms with van der Waals surface area (Å²) in [7, 11) is 0. The van der Waals surface area contributed by atoms with Crippen molar-refractivity contribution < 1.29 is 14.0 Å². The Labute approximate surface area is 166 Å². The molecule has 0 aromatic heterocycles. The first-order valence-electron chi connectivity index (χ1n) is 9.06. The monoisotopic (exact) mass is 427 g/mol. The minimum absolute atomic E-state index is 0.0192. The van der Waals surface area contributed by atoms with E-state index in [2.05, 4.69) is 15.9 Å². The Bertz CT molecular complexity index is 982. The molecule has 2 aromatic carbocycles. The van der Waals surface area contributed by atoms with Crippen LogP contribution in [0.15, 0.2) is 58.2 Å². The van der Waals surface area contributed by atoms with Crippen LogP contribution in [0.2, 0.25) is 0 Å². The van der Waals surface area contributed by atoms with Crippen molar-refractivity contribution in [3.8, 4) is 0 Å². The number of anilines is 1. The lowest BCUT2D eigenvalue weighted by molar-refractivity contribution is -0.119. The molecule has 1 atom stereocenters. The molecule has 1 heterocycles. The van der Waals surface area contributed by atoms with Crippen molar-refractivity contribution in [2.45, 2.75) is 38.5 Å². The topological polar surface area (TPSA) is 37.4 Å². The van der Waals surface area contributed by atoms with Gasteiger partial charge in [-0.25, -0.2) is 4.39 Å². The Kier molecular flexibility index (Phi) is 4.72. The lowest BCUT2D eigenvalue weighted by atomic mass is 9.77. The molecule has 0 N–H and O–H groups in total. The number of nitrogens with zero attached hydrogens (tertiary/aromatic N) is 1. The molecule has 3 nitrogen and oxygen atoms in total. The van der Waals surface area contributed by atoms with Gasteiger partial charge in [-0.1, -0.05) is 28.1 Å². The maximum atomic E-state index is 14.6. The van der Waals surface area contributed by atoms with Crippen LogP contribution in [0.4, 0.5) is 10.1 Å². The van der Waals surface area contributed by atoms with E-state index < -0.39 is 5.92 Å². The lowest BCUT2D eigenvalue weighted by Gasteiger charge is -2.38. The molecule has 0 saturated carbocycles. The number of benzene rings is 2. The highest BCUT2D eigenvalue weighted by Gasteiger charge is 2.40. The minimum Gasteiger partial charge on any atom is -0.294 e. The highest BCUT2D eigenvalue weighted by atomic mass is 79.9. The van der Waals surface area contributed by atoms with Crippen LogP contribution >= 0.6 is 15.9 Å². The molecule has 0 fully saturated rings. The fourth-order valence-corrected chi connectivity index (χ4v) is 4.49. The van der Waals surface area contributed by atoms with Gasteiger partial charge in [0.25, 0.3) is 0 Å². The summed E-state index contributed by atoms with van der Waals surface area (Å²) in [6, 6.07) is 12.4. The third-order valence-electron chi connectivity index (χ3n) is 5.27. The van der Waals surface area contributed by atoms with Crippen LogP contribution in [0, 0.1) is 12.7 Å². The summed E-state index contributed by atoms with van der Waals surface area (Å²) in [4.78, 5) is 27.6.